The Morgan fingerprint density at radius 1 is 0.629 bits per heavy atom. The number of benzene rings is 4. The number of ketones is 3. The molecule has 4 aromatic carbocycles. The van der Waals surface area contributed by atoms with Crippen LogP contribution >= 0.6 is 0 Å². The summed E-state index contributed by atoms with van der Waals surface area (Å²) in [6.45, 7) is 17.3. The van der Waals surface area contributed by atoms with Gasteiger partial charge in [0, 0.05) is 91.5 Å². The number of aryl methyl sites for hydroxylation is 3. The number of fused-ring (bicyclic) bond motifs is 4. The van der Waals surface area contributed by atoms with Gasteiger partial charge in [-0.05, 0) is 199 Å². The molecule has 2 aliphatic heterocycles. The molecule has 2 heterocycles. The third kappa shape index (κ3) is 21.0. The van der Waals surface area contributed by atoms with E-state index in [9.17, 15) is 66.6 Å². The Hall–Kier alpha value is -8.10. The van der Waals surface area contributed by atoms with Crippen LogP contribution in [-0.2, 0) is 54.5 Å². The minimum atomic E-state index is -4.78. The van der Waals surface area contributed by atoms with E-state index in [1.807, 2.05) is 18.2 Å². The summed E-state index contributed by atoms with van der Waals surface area (Å²) in [5, 5.41) is 39.6. The maximum atomic E-state index is 13.2. The van der Waals surface area contributed by atoms with Gasteiger partial charge < -0.3 is 45.5 Å². The lowest BCUT2D eigenvalue weighted by Crippen LogP contribution is -2.51. The fourth-order valence-corrected chi connectivity index (χ4v) is 14.9. The number of urea groups is 1. The van der Waals surface area contributed by atoms with Crippen molar-refractivity contribution in [2.24, 2.45) is 5.92 Å². The summed E-state index contributed by atoms with van der Waals surface area (Å²) in [5.41, 5.74) is 11.8. The minimum Gasteiger partial charge on any atom is -0.744 e. The van der Waals surface area contributed by atoms with E-state index in [1.54, 1.807) is 6.92 Å². The highest BCUT2D eigenvalue weighted by molar-refractivity contribution is 7.86. The third-order valence-electron chi connectivity index (χ3n) is 19.5. The second-order valence-corrected chi connectivity index (χ2v) is 29.5. The highest BCUT2D eigenvalue weighted by atomic mass is 32.2. The molecule has 0 radical (unpaired) electrons. The summed E-state index contributed by atoms with van der Waals surface area (Å²) >= 11 is 0. The Kier molecular flexibility index (Phi) is 27.1. The largest absolute Gasteiger partial charge is 0.744 e. The van der Waals surface area contributed by atoms with Crippen LogP contribution in [0.25, 0.3) is 21.5 Å². The van der Waals surface area contributed by atoms with Gasteiger partial charge >= 0.3 is 23.9 Å². The number of carbonyl (C=O) groups excluding carboxylic acids is 5. The number of amides is 3. The summed E-state index contributed by atoms with van der Waals surface area (Å²) in [6.07, 6.45) is 23.1. The highest BCUT2D eigenvalue weighted by Crippen LogP contribution is 2.50. The van der Waals surface area contributed by atoms with E-state index in [2.05, 4.69) is 129 Å². The second-order valence-electron chi connectivity index (χ2n) is 28.2. The second kappa shape index (κ2) is 34.4. The Bertz CT molecular complexity index is 3930. The van der Waals surface area contributed by atoms with Crippen molar-refractivity contribution in [2.75, 3.05) is 25.0 Å². The molecule has 524 valence electrons. The number of unbranched alkanes of at least 4 members (excludes halogenated alkanes) is 8. The van der Waals surface area contributed by atoms with Crippen molar-refractivity contribution in [1.29, 1.82) is 0 Å². The third-order valence-corrected chi connectivity index (χ3v) is 20.4. The summed E-state index contributed by atoms with van der Waals surface area (Å²) in [7, 11) is -2.62. The molecule has 0 bridgehead atoms. The zero-order chi connectivity index (χ0) is 70.9. The molecule has 20 heteroatoms. The van der Waals surface area contributed by atoms with Gasteiger partial charge in [-0.2, -0.15) is 4.58 Å². The Balaban J connectivity index is 0.834. The molecule has 4 aromatic rings. The molecule has 97 heavy (non-hydrogen) atoms. The number of allylic oxidation sites excluding steroid dienone is 8. The molecule has 2 unspecified atom stereocenters. The number of carbonyl (C=O) groups is 8. The first-order valence-corrected chi connectivity index (χ1v) is 36.1. The van der Waals surface area contributed by atoms with Crippen molar-refractivity contribution in [3.63, 3.8) is 0 Å². The highest BCUT2D eigenvalue weighted by Gasteiger charge is 2.44. The monoisotopic (exact) mass is 1350 g/mol. The summed E-state index contributed by atoms with van der Waals surface area (Å²) in [4.78, 5) is 99.2. The summed E-state index contributed by atoms with van der Waals surface area (Å²) < 4.78 is 40.5. The molecule has 1 aliphatic carbocycles. The lowest BCUT2D eigenvalue weighted by atomic mass is 9.80. The molecule has 0 saturated carbocycles. The van der Waals surface area contributed by atoms with Gasteiger partial charge in [0.1, 0.15) is 46.6 Å². The number of hydrogen-bond acceptors (Lipinski definition) is 12. The van der Waals surface area contributed by atoms with Crippen LogP contribution in [-0.4, -0.2) is 118 Å². The Morgan fingerprint density at radius 2 is 1.24 bits per heavy atom. The first-order chi connectivity index (χ1) is 45.8. The van der Waals surface area contributed by atoms with Crippen molar-refractivity contribution < 1.29 is 71.2 Å². The number of carboxylic acids is 3. The van der Waals surface area contributed by atoms with Crippen LogP contribution in [0.2, 0.25) is 0 Å². The van der Waals surface area contributed by atoms with Crippen LogP contribution in [0.1, 0.15) is 217 Å². The Morgan fingerprint density at radius 3 is 1.89 bits per heavy atom. The molecule has 6 N–H and O–H groups in total. The molecule has 19 nitrogen and oxygen atoms in total. The van der Waals surface area contributed by atoms with E-state index in [0.29, 0.717) is 106 Å². The lowest BCUT2D eigenvalue weighted by molar-refractivity contribution is -0.401. The normalized spacial score (nSPS) is 16.7. The molecule has 0 fully saturated rings. The number of anilines is 1. The number of nitrogens with zero attached hydrogens (tertiary/aromatic N) is 2. The molecule has 0 aromatic heterocycles. The van der Waals surface area contributed by atoms with E-state index in [-0.39, 0.29) is 78.6 Å². The van der Waals surface area contributed by atoms with Crippen molar-refractivity contribution >= 4 is 95.9 Å². The summed E-state index contributed by atoms with van der Waals surface area (Å²) in [6, 6.07) is 12.9. The van der Waals surface area contributed by atoms with Crippen LogP contribution in [0.4, 0.5) is 16.2 Å². The smallest absolute Gasteiger partial charge is 0.326 e. The fraction of sp³-hybridized carbons (Fsp3) is 0.519. The number of carboxylic acid groups (broad SMARTS) is 3. The average Bonchev–Trinajstić information content (AvgIpc) is 1.56. The zero-order valence-corrected chi connectivity index (χ0v) is 59.1. The quantitative estimate of drug-likeness (QED) is 0.0138. The van der Waals surface area contributed by atoms with Crippen LogP contribution in [0.3, 0.4) is 0 Å². The molecule has 0 spiro atoms. The number of nitrogens with one attached hydrogen (secondary N) is 3. The van der Waals surface area contributed by atoms with Gasteiger partial charge in [-0.25, -0.2) is 22.8 Å². The zero-order valence-electron chi connectivity index (χ0n) is 58.3. The van der Waals surface area contributed by atoms with Gasteiger partial charge in [0.2, 0.25) is 11.6 Å². The molecule has 7 rings (SSSR count). The number of rotatable bonds is 38. The van der Waals surface area contributed by atoms with Crippen molar-refractivity contribution in [3.8, 4) is 0 Å². The van der Waals surface area contributed by atoms with E-state index in [1.165, 1.54) is 63.0 Å². The van der Waals surface area contributed by atoms with Crippen LogP contribution in [0.5, 0.6) is 0 Å². The minimum absolute atomic E-state index is 0.0408. The van der Waals surface area contributed by atoms with Gasteiger partial charge in [0.25, 0.3) is 0 Å². The lowest BCUT2D eigenvalue weighted by Gasteiger charge is -2.27. The first kappa shape index (κ1) is 76.3. The van der Waals surface area contributed by atoms with E-state index in [0.717, 1.165) is 49.1 Å². The predicted octanol–water partition coefficient (Wildman–Crippen LogP) is 14.0. The fourth-order valence-electron chi connectivity index (χ4n) is 14.1. The number of hydrogen-bond donors (Lipinski definition) is 6. The standard InChI is InChI=1S/C77H101N5O14S/c1-49-39-51(3)60-47-63-66(46-57(60)40-49)81(9)69(76(63,5)6)35-32-53-23-22-24-54(43-53)33-36-70-77(7,8)62-45-56-41-50(2)42-68(97(94,95)96)61(56)48-67(62)82(70)38-21-13-17-27-58(84)26-16-12-14-25-55(72(87)88)44-59(85)28-15-10-11-18-30-71(86)78-37-20-19-29-64(73(89)90)79-75(93)80-65(74(91)92)34-31-52(4)83/h32-33,35-36,39-43,45-48,55,64-65H,10-31,34,37-38,44H2,1-9H3,(H6-,78,79,80,86,87,88,89,90,91,92,93,94,95,96)/t55-,64?,65?/m1/s1. The maximum absolute atomic E-state index is 13.2. The van der Waals surface area contributed by atoms with Gasteiger partial charge in [0.15, 0.2) is 5.71 Å². The van der Waals surface area contributed by atoms with Crippen LogP contribution in [0, 0.1) is 26.7 Å². The number of Topliss-reactive ketones (excluding diaryl/α,β-unsaturated/α-hetero) is 3. The van der Waals surface area contributed by atoms with Crippen molar-refractivity contribution in [3.05, 3.63) is 124 Å². The molecule has 3 aliphatic rings. The topological polar surface area (TPSA) is 297 Å². The van der Waals surface area contributed by atoms with Crippen molar-refractivity contribution in [2.45, 2.75) is 237 Å². The molecular formula is C77H101N5O14S. The van der Waals surface area contributed by atoms with Crippen molar-refractivity contribution in [1.82, 2.24) is 16.0 Å². The molecular weight excluding hydrogens is 1250 g/mol. The maximum Gasteiger partial charge on any atom is 0.326 e. The van der Waals surface area contributed by atoms with E-state index >= 15 is 0 Å². The first-order valence-electron chi connectivity index (χ1n) is 34.7. The summed E-state index contributed by atoms with van der Waals surface area (Å²) in [5.74, 6) is -4.88. The molecule has 3 atom stereocenters. The average molecular weight is 1350 g/mol. The molecule has 0 saturated heterocycles. The number of aliphatic carboxylic acids is 3. The van der Waals surface area contributed by atoms with E-state index in [4.69, 9.17) is 0 Å². The van der Waals surface area contributed by atoms with Crippen LogP contribution < -0.4 is 20.9 Å². The predicted molar refractivity (Wildman–Crippen MR) is 378 cm³/mol. The molecule has 3 amide bonds. The van der Waals surface area contributed by atoms with Gasteiger partial charge in [-0.15, -0.1) is 0 Å². The van der Waals surface area contributed by atoms with Crippen LogP contribution in [0.15, 0.2) is 101 Å². The SMILES string of the molecule is CC(=O)CCC(NC(=O)NC(CCCCNC(=O)CCCCCCC(=O)C[C@@H](CCCCCC(=O)CCCCCN1C(=CC=C2C=C(C=CC3=[N+](C)c4cc5cc(C)cc(C)c5cc4C3(C)C)CCC2)C(C)(C)c2cc3cc(C)cc(S(=O)(=O)[O-])c3cc21)C(=O)O)C(=O)O)C(=O)O. The van der Waals surface area contributed by atoms with Gasteiger partial charge in [-0.1, -0.05) is 87.9 Å². The van der Waals surface area contributed by atoms with Gasteiger partial charge in [-0.3, -0.25) is 19.2 Å². The Labute approximate surface area is 572 Å². The van der Waals surface area contributed by atoms with Gasteiger partial charge in [0.05, 0.1) is 16.2 Å². The van der Waals surface area contributed by atoms with E-state index < -0.39 is 57.5 Å².